The van der Waals surface area contributed by atoms with Crippen molar-refractivity contribution in [2.45, 2.75) is 37.8 Å². The molecule has 23 heavy (non-hydrogen) atoms. The topological polar surface area (TPSA) is 118 Å². The van der Waals surface area contributed by atoms with Crippen molar-refractivity contribution in [1.82, 2.24) is 5.32 Å². The number of carboxylic acids is 1. The fraction of sp³-hybridized carbons (Fsp3) is 0.467. The molecular weight excluding hydrogens is 430 g/mol. The number of amides is 1. The first kappa shape index (κ1) is 24.3. The SMILES string of the molecule is Br.Br.NCCCC[C@H](N)C(=O)N[C@@H](Cc1ccccc1)C(=O)O. The number of carbonyl (C=O) groups excluding carboxylic acids is 1. The third kappa shape index (κ3) is 9.70. The smallest absolute Gasteiger partial charge is 0.326 e. The van der Waals surface area contributed by atoms with Crippen LogP contribution in [0.1, 0.15) is 24.8 Å². The van der Waals surface area contributed by atoms with Gasteiger partial charge in [-0.05, 0) is 24.9 Å². The number of hydrogen-bond acceptors (Lipinski definition) is 4. The molecule has 0 bridgehead atoms. The van der Waals surface area contributed by atoms with Gasteiger partial charge in [0.2, 0.25) is 5.91 Å². The molecule has 6 nitrogen and oxygen atoms in total. The summed E-state index contributed by atoms with van der Waals surface area (Å²) in [6, 6.07) is 7.48. The van der Waals surface area contributed by atoms with Gasteiger partial charge in [-0.15, -0.1) is 34.0 Å². The zero-order valence-electron chi connectivity index (χ0n) is 12.8. The van der Waals surface area contributed by atoms with Crippen LogP contribution in [0.4, 0.5) is 0 Å². The highest BCUT2D eigenvalue weighted by Gasteiger charge is 2.23. The lowest BCUT2D eigenvalue weighted by molar-refractivity contribution is -0.142. The molecule has 0 aliphatic heterocycles. The van der Waals surface area contributed by atoms with E-state index < -0.39 is 24.0 Å². The Labute approximate surface area is 157 Å². The van der Waals surface area contributed by atoms with Crippen molar-refractivity contribution in [3.05, 3.63) is 35.9 Å². The van der Waals surface area contributed by atoms with Crippen molar-refractivity contribution in [3.63, 3.8) is 0 Å². The Morgan fingerprint density at radius 3 is 2.26 bits per heavy atom. The molecule has 1 amide bonds. The van der Waals surface area contributed by atoms with E-state index >= 15 is 0 Å². The normalized spacial score (nSPS) is 12.3. The molecule has 2 atom stereocenters. The molecule has 0 aromatic heterocycles. The van der Waals surface area contributed by atoms with Gasteiger partial charge in [-0.2, -0.15) is 0 Å². The van der Waals surface area contributed by atoms with Gasteiger partial charge in [-0.3, -0.25) is 4.79 Å². The molecule has 0 saturated carbocycles. The highest BCUT2D eigenvalue weighted by molar-refractivity contribution is 8.93. The van der Waals surface area contributed by atoms with Crippen LogP contribution in [0.2, 0.25) is 0 Å². The number of rotatable bonds is 9. The average Bonchev–Trinajstić information content (AvgIpc) is 2.47. The lowest BCUT2D eigenvalue weighted by Gasteiger charge is -2.18. The highest BCUT2D eigenvalue weighted by atomic mass is 79.9. The number of carboxylic acid groups (broad SMARTS) is 1. The molecule has 1 rings (SSSR count). The second kappa shape index (κ2) is 13.5. The second-order valence-electron chi connectivity index (χ2n) is 4.98. The minimum Gasteiger partial charge on any atom is -0.480 e. The summed E-state index contributed by atoms with van der Waals surface area (Å²) in [4.78, 5) is 23.2. The largest absolute Gasteiger partial charge is 0.480 e. The van der Waals surface area contributed by atoms with Gasteiger partial charge in [0.25, 0.3) is 0 Å². The summed E-state index contributed by atoms with van der Waals surface area (Å²) in [5, 5.41) is 11.7. The third-order valence-corrected chi connectivity index (χ3v) is 3.20. The number of carbonyl (C=O) groups is 2. The predicted octanol–water partition coefficient (Wildman–Crippen LogP) is 1.41. The molecule has 0 fully saturated rings. The molecule has 1 aromatic rings. The van der Waals surface area contributed by atoms with Crippen LogP contribution in [-0.2, 0) is 16.0 Å². The van der Waals surface area contributed by atoms with Gasteiger partial charge in [0.05, 0.1) is 6.04 Å². The number of hydrogen-bond donors (Lipinski definition) is 4. The Balaban J connectivity index is 0. The predicted molar refractivity (Wildman–Crippen MR) is 101 cm³/mol. The molecule has 0 aliphatic carbocycles. The molecule has 0 heterocycles. The molecule has 8 heteroatoms. The van der Waals surface area contributed by atoms with Crippen LogP contribution in [0, 0.1) is 0 Å². The van der Waals surface area contributed by atoms with Gasteiger partial charge in [0, 0.05) is 6.42 Å². The summed E-state index contributed by atoms with van der Waals surface area (Å²) in [5.74, 6) is -1.50. The summed E-state index contributed by atoms with van der Waals surface area (Å²) in [5.41, 5.74) is 12.0. The fourth-order valence-electron chi connectivity index (χ4n) is 1.97. The van der Waals surface area contributed by atoms with Crippen molar-refractivity contribution in [2.75, 3.05) is 6.54 Å². The van der Waals surface area contributed by atoms with Crippen molar-refractivity contribution < 1.29 is 14.7 Å². The Hall–Kier alpha value is -0.960. The van der Waals surface area contributed by atoms with E-state index in [0.29, 0.717) is 13.0 Å². The lowest BCUT2D eigenvalue weighted by atomic mass is 10.0. The lowest BCUT2D eigenvalue weighted by Crippen LogP contribution is -2.49. The summed E-state index contributed by atoms with van der Waals surface area (Å²) in [6.45, 7) is 0.556. The monoisotopic (exact) mass is 453 g/mol. The van der Waals surface area contributed by atoms with Crippen LogP contribution in [0.15, 0.2) is 30.3 Å². The summed E-state index contributed by atoms with van der Waals surface area (Å²) in [6.07, 6.45) is 2.28. The number of nitrogens with two attached hydrogens (primary N) is 2. The summed E-state index contributed by atoms with van der Waals surface area (Å²) < 4.78 is 0. The third-order valence-electron chi connectivity index (χ3n) is 3.20. The first-order valence-corrected chi connectivity index (χ1v) is 7.07. The maximum atomic E-state index is 11.9. The molecular formula is C15H25Br2N3O3. The summed E-state index contributed by atoms with van der Waals surface area (Å²) >= 11 is 0. The fourth-order valence-corrected chi connectivity index (χ4v) is 1.97. The van der Waals surface area contributed by atoms with Gasteiger partial charge in [-0.25, -0.2) is 4.79 Å². The molecule has 1 aromatic carbocycles. The average molecular weight is 455 g/mol. The Morgan fingerprint density at radius 1 is 1.13 bits per heavy atom. The van der Waals surface area contributed by atoms with E-state index in [9.17, 15) is 14.7 Å². The van der Waals surface area contributed by atoms with Crippen molar-refractivity contribution in [1.29, 1.82) is 0 Å². The van der Waals surface area contributed by atoms with E-state index in [0.717, 1.165) is 18.4 Å². The molecule has 0 aliphatic rings. The Kier molecular flexibility index (Phi) is 14.2. The maximum Gasteiger partial charge on any atom is 0.326 e. The van der Waals surface area contributed by atoms with Gasteiger partial charge in [0.1, 0.15) is 6.04 Å². The number of unbranched alkanes of at least 4 members (excludes halogenated alkanes) is 1. The van der Waals surface area contributed by atoms with Gasteiger partial charge < -0.3 is 21.9 Å². The van der Waals surface area contributed by atoms with Gasteiger partial charge in [0.15, 0.2) is 0 Å². The standard InChI is InChI=1S/C15H23N3O3.2BrH/c16-9-5-4-8-12(17)14(19)18-13(15(20)21)10-11-6-2-1-3-7-11;;/h1-3,6-7,12-13H,4-5,8-10,16-17H2,(H,18,19)(H,20,21);2*1H/t12-,13-;;/m0../s1. The number of aliphatic carboxylic acids is 1. The van der Waals surface area contributed by atoms with Crippen LogP contribution < -0.4 is 16.8 Å². The van der Waals surface area contributed by atoms with E-state index in [1.165, 1.54) is 0 Å². The van der Waals surface area contributed by atoms with Crippen molar-refractivity contribution in [3.8, 4) is 0 Å². The van der Waals surface area contributed by atoms with E-state index in [-0.39, 0.29) is 40.4 Å². The second-order valence-corrected chi connectivity index (χ2v) is 4.98. The quantitative estimate of drug-likeness (QED) is 0.420. The zero-order chi connectivity index (χ0) is 15.7. The van der Waals surface area contributed by atoms with Crippen LogP contribution in [0.25, 0.3) is 0 Å². The molecule has 132 valence electrons. The van der Waals surface area contributed by atoms with Crippen LogP contribution in [0.5, 0.6) is 0 Å². The summed E-state index contributed by atoms with van der Waals surface area (Å²) in [7, 11) is 0. The molecule has 0 saturated heterocycles. The first-order valence-electron chi connectivity index (χ1n) is 7.07. The Morgan fingerprint density at radius 2 is 1.74 bits per heavy atom. The minimum atomic E-state index is -1.07. The van der Waals surface area contributed by atoms with Crippen LogP contribution in [-0.4, -0.2) is 35.6 Å². The Bertz CT molecular complexity index is 461. The van der Waals surface area contributed by atoms with Crippen molar-refractivity contribution >= 4 is 45.8 Å². The molecule has 0 radical (unpaired) electrons. The maximum absolute atomic E-state index is 11.9. The van der Waals surface area contributed by atoms with Crippen LogP contribution in [0.3, 0.4) is 0 Å². The van der Waals surface area contributed by atoms with Crippen molar-refractivity contribution in [2.24, 2.45) is 11.5 Å². The zero-order valence-corrected chi connectivity index (χ0v) is 16.2. The minimum absolute atomic E-state index is 0. The first-order chi connectivity index (χ1) is 10.0. The van der Waals surface area contributed by atoms with Gasteiger partial charge in [-0.1, -0.05) is 36.8 Å². The van der Waals surface area contributed by atoms with E-state index in [2.05, 4.69) is 5.32 Å². The molecule has 6 N–H and O–H groups in total. The number of benzene rings is 1. The van der Waals surface area contributed by atoms with Crippen LogP contribution >= 0.6 is 34.0 Å². The number of halogens is 2. The van der Waals surface area contributed by atoms with E-state index in [4.69, 9.17) is 11.5 Å². The van der Waals surface area contributed by atoms with E-state index in [1.54, 1.807) is 0 Å². The molecule has 0 spiro atoms. The molecule has 0 unspecified atom stereocenters. The van der Waals surface area contributed by atoms with Gasteiger partial charge >= 0.3 is 5.97 Å². The van der Waals surface area contributed by atoms with E-state index in [1.807, 2.05) is 30.3 Å². The highest BCUT2D eigenvalue weighted by Crippen LogP contribution is 2.05. The number of nitrogens with one attached hydrogen (secondary N) is 1.